The van der Waals surface area contributed by atoms with Crippen LogP contribution < -0.4 is 16.3 Å². The third-order valence-corrected chi connectivity index (χ3v) is 6.91. The van der Waals surface area contributed by atoms with E-state index in [-0.39, 0.29) is 35.3 Å². The van der Waals surface area contributed by atoms with Crippen molar-refractivity contribution in [2.75, 3.05) is 19.6 Å². The largest absolute Gasteiger partial charge is 0.508 e. The number of carbonyl (C=O) groups excluding carboxylic acids is 2. The van der Waals surface area contributed by atoms with E-state index >= 15 is 0 Å². The summed E-state index contributed by atoms with van der Waals surface area (Å²) in [6, 6.07) is 9.84. The van der Waals surface area contributed by atoms with Crippen LogP contribution in [-0.2, 0) is 4.79 Å². The number of urea groups is 1. The van der Waals surface area contributed by atoms with Crippen LogP contribution in [0.4, 0.5) is 4.79 Å². The van der Waals surface area contributed by atoms with Crippen LogP contribution in [0, 0.1) is 0 Å². The van der Waals surface area contributed by atoms with E-state index in [9.17, 15) is 19.5 Å². The monoisotopic (exact) mass is 464 g/mol. The molecular weight excluding hydrogens is 436 g/mol. The van der Waals surface area contributed by atoms with E-state index in [1.165, 1.54) is 0 Å². The fourth-order valence-corrected chi connectivity index (χ4v) is 5.01. The Morgan fingerprint density at radius 3 is 2.59 bits per heavy atom. The Morgan fingerprint density at radius 2 is 1.82 bits per heavy atom. The van der Waals surface area contributed by atoms with Crippen LogP contribution in [-0.4, -0.2) is 62.2 Å². The summed E-state index contributed by atoms with van der Waals surface area (Å²) >= 11 is 0. The minimum absolute atomic E-state index is 0.0123. The molecule has 3 amide bonds. The minimum Gasteiger partial charge on any atom is -0.508 e. The summed E-state index contributed by atoms with van der Waals surface area (Å²) in [6.45, 7) is 1.50. The maximum Gasteiger partial charge on any atom is 0.327 e. The second-order valence-electron chi connectivity index (χ2n) is 9.00. The number of phenolic OH excluding ortho intramolecular Hbond substituents is 1. The summed E-state index contributed by atoms with van der Waals surface area (Å²) < 4.78 is 1.74. The standard InChI is InChI=1S/C24H28N6O4/c31-18-6-3-15(4-7-18)16-5-8-19(22(32)26-14-16)27-23(33)29-12-9-17(10-13-29)30-20-2-1-11-25-21(20)28-24(30)34/h1-4,6-7,11,16-17,19,31H,5,8-10,12-14H2,(H,26,32)(H,27,33)(H,25,28,34). The summed E-state index contributed by atoms with van der Waals surface area (Å²) in [5, 5.41) is 15.3. The molecule has 10 heteroatoms. The number of amides is 3. The molecule has 0 aliphatic carbocycles. The van der Waals surface area contributed by atoms with Gasteiger partial charge in [-0.25, -0.2) is 14.6 Å². The first-order valence-electron chi connectivity index (χ1n) is 11.7. The van der Waals surface area contributed by atoms with Crippen molar-refractivity contribution >= 4 is 23.1 Å². The first-order chi connectivity index (χ1) is 16.5. The number of H-pyrrole nitrogens is 1. The van der Waals surface area contributed by atoms with Gasteiger partial charge in [-0.15, -0.1) is 0 Å². The van der Waals surface area contributed by atoms with Crippen molar-refractivity contribution in [1.29, 1.82) is 0 Å². The van der Waals surface area contributed by atoms with Crippen LogP contribution in [0.1, 0.15) is 43.2 Å². The first kappa shape index (κ1) is 22.0. The molecule has 2 fully saturated rings. The van der Waals surface area contributed by atoms with Crippen LogP contribution in [0.2, 0.25) is 0 Å². The van der Waals surface area contributed by atoms with Crippen LogP contribution in [0.25, 0.3) is 11.2 Å². The Hall–Kier alpha value is -3.82. The third-order valence-electron chi connectivity index (χ3n) is 6.91. The molecule has 5 rings (SSSR count). The molecule has 2 saturated heterocycles. The number of benzene rings is 1. The predicted molar refractivity (Wildman–Crippen MR) is 126 cm³/mol. The lowest BCUT2D eigenvalue weighted by atomic mass is 9.94. The van der Waals surface area contributed by atoms with Crippen molar-refractivity contribution in [1.82, 2.24) is 30.1 Å². The Morgan fingerprint density at radius 1 is 1.06 bits per heavy atom. The van der Waals surface area contributed by atoms with Gasteiger partial charge in [0.1, 0.15) is 11.8 Å². The molecule has 34 heavy (non-hydrogen) atoms. The summed E-state index contributed by atoms with van der Waals surface area (Å²) in [4.78, 5) is 46.7. The van der Waals surface area contributed by atoms with Crippen molar-refractivity contribution < 1.29 is 14.7 Å². The molecule has 2 aromatic heterocycles. The Labute approximate surface area is 196 Å². The van der Waals surface area contributed by atoms with Crippen molar-refractivity contribution in [3.8, 4) is 5.75 Å². The normalized spacial score (nSPS) is 21.8. The average molecular weight is 465 g/mol. The summed E-state index contributed by atoms with van der Waals surface area (Å²) in [5.74, 6) is 0.162. The number of rotatable bonds is 3. The fraction of sp³-hybridized carbons (Fsp3) is 0.417. The lowest BCUT2D eigenvalue weighted by Gasteiger charge is -2.33. The highest BCUT2D eigenvalue weighted by molar-refractivity contribution is 5.87. The summed E-state index contributed by atoms with van der Waals surface area (Å²) in [7, 11) is 0. The number of hydrogen-bond donors (Lipinski definition) is 4. The van der Waals surface area contributed by atoms with Gasteiger partial charge in [0.25, 0.3) is 0 Å². The molecule has 1 aromatic carbocycles. The highest BCUT2D eigenvalue weighted by Crippen LogP contribution is 2.27. The number of nitrogens with one attached hydrogen (secondary N) is 3. The van der Waals surface area contributed by atoms with E-state index in [0.29, 0.717) is 44.5 Å². The lowest BCUT2D eigenvalue weighted by molar-refractivity contribution is -0.122. The molecule has 4 N–H and O–H groups in total. The smallest absolute Gasteiger partial charge is 0.327 e. The van der Waals surface area contributed by atoms with Crippen LogP contribution in [0.3, 0.4) is 0 Å². The fourth-order valence-electron chi connectivity index (χ4n) is 5.01. The topological polar surface area (TPSA) is 132 Å². The Kier molecular flexibility index (Phi) is 5.95. The van der Waals surface area contributed by atoms with Crippen molar-refractivity contribution in [3.63, 3.8) is 0 Å². The van der Waals surface area contributed by atoms with Crippen LogP contribution in [0.15, 0.2) is 47.4 Å². The van der Waals surface area contributed by atoms with Gasteiger partial charge in [-0.1, -0.05) is 12.1 Å². The second-order valence-corrected chi connectivity index (χ2v) is 9.00. The van der Waals surface area contributed by atoms with E-state index in [4.69, 9.17) is 0 Å². The second kappa shape index (κ2) is 9.20. The molecule has 2 aliphatic heterocycles. The molecule has 0 spiro atoms. The number of nitrogens with zero attached hydrogens (tertiary/aromatic N) is 3. The summed E-state index contributed by atoms with van der Waals surface area (Å²) in [6.07, 6.45) is 4.22. The van der Waals surface area contributed by atoms with E-state index in [2.05, 4.69) is 20.6 Å². The Balaban J connectivity index is 1.18. The van der Waals surface area contributed by atoms with E-state index in [1.807, 2.05) is 18.2 Å². The predicted octanol–water partition coefficient (Wildman–Crippen LogP) is 1.84. The van der Waals surface area contributed by atoms with Gasteiger partial charge >= 0.3 is 11.7 Å². The molecule has 10 nitrogen and oxygen atoms in total. The molecule has 0 radical (unpaired) electrons. The number of aromatic nitrogens is 3. The molecule has 0 saturated carbocycles. The van der Waals surface area contributed by atoms with Gasteiger partial charge in [0, 0.05) is 37.8 Å². The number of likely N-dealkylation sites (tertiary alicyclic amines) is 1. The number of imidazole rings is 1. The molecule has 2 unspecified atom stereocenters. The van der Waals surface area contributed by atoms with Gasteiger partial charge in [0.2, 0.25) is 5.91 Å². The summed E-state index contributed by atoms with van der Waals surface area (Å²) in [5.41, 5.74) is 2.20. The van der Waals surface area contributed by atoms with Crippen molar-refractivity contribution in [2.45, 2.75) is 43.7 Å². The van der Waals surface area contributed by atoms with E-state index < -0.39 is 6.04 Å². The number of hydrogen-bond acceptors (Lipinski definition) is 5. The molecule has 0 bridgehead atoms. The van der Waals surface area contributed by atoms with Gasteiger partial charge in [0.05, 0.1) is 5.52 Å². The van der Waals surface area contributed by atoms with E-state index in [1.54, 1.807) is 33.9 Å². The van der Waals surface area contributed by atoms with Gasteiger partial charge in [-0.3, -0.25) is 14.3 Å². The average Bonchev–Trinajstić information content (AvgIpc) is 3.08. The first-order valence-corrected chi connectivity index (χ1v) is 11.7. The van der Waals surface area contributed by atoms with Gasteiger partial charge in [-0.2, -0.15) is 0 Å². The molecule has 178 valence electrons. The van der Waals surface area contributed by atoms with Gasteiger partial charge in [-0.05, 0) is 55.5 Å². The minimum atomic E-state index is -0.588. The molecule has 2 atom stereocenters. The SMILES string of the molecule is O=C1NCC(c2ccc(O)cc2)CCC1NC(=O)N1CCC(n2c(=O)[nH]c3ncccc32)CC1. The number of carbonyl (C=O) groups is 2. The highest BCUT2D eigenvalue weighted by atomic mass is 16.3. The number of piperidine rings is 1. The molecule has 2 aliphatic rings. The Bertz CT molecular complexity index is 1240. The number of phenols is 1. The maximum absolute atomic E-state index is 12.9. The third kappa shape index (κ3) is 4.35. The molecular formula is C24H28N6O4. The zero-order valence-electron chi connectivity index (χ0n) is 18.7. The zero-order valence-corrected chi connectivity index (χ0v) is 18.7. The van der Waals surface area contributed by atoms with E-state index in [0.717, 1.165) is 17.5 Å². The quantitative estimate of drug-likeness (QED) is 0.470. The highest BCUT2D eigenvalue weighted by Gasteiger charge is 2.31. The number of pyridine rings is 1. The maximum atomic E-state index is 12.9. The molecule has 4 heterocycles. The lowest BCUT2D eigenvalue weighted by Crippen LogP contribution is -2.52. The van der Waals surface area contributed by atoms with Crippen molar-refractivity contribution in [3.05, 3.63) is 58.6 Å². The van der Waals surface area contributed by atoms with Crippen molar-refractivity contribution in [2.24, 2.45) is 0 Å². The van der Waals surface area contributed by atoms with Gasteiger partial charge in [0.15, 0.2) is 5.65 Å². The molecule has 3 aromatic rings. The van der Waals surface area contributed by atoms with Crippen LogP contribution in [0.5, 0.6) is 5.75 Å². The van der Waals surface area contributed by atoms with Gasteiger partial charge < -0.3 is 20.6 Å². The van der Waals surface area contributed by atoms with Crippen LogP contribution >= 0.6 is 0 Å². The zero-order chi connectivity index (χ0) is 23.7. The number of aromatic amines is 1. The number of fused-ring (bicyclic) bond motifs is 1. The number of aromatic hydroxyl groups is 1.